The van der Waals surface area contributed by atoms with Crippen molar-refractivity contribution in [3.05, 3.63) is 89.4 Å². The number of carbonyl (C=O) groups is 3. The fourth-order valence-corrected chi connectivity index (χ4v) is 5.26. The molecule has 4 heterocycles. The zero-order valence-electron chi connectivity index (χ0n) is 19.8. The number of rotatable bonds is 6. The van der Waals surface area contributed by atoms with Crippen molar-refractivity contribution in [1.29, 1.82) is 0 Å². The predicted octanol–water partition coefficient (Wildman–Crippen LogP) is -1.83. The SMILES string of the molecule is CC(=O)N1CC2CC(/C=C/c3ccc[n+](C/C=C/c4ccccc4)c3)=C(C(=O)[O-])N3C(=O)C1[C@@H]23.[Na+]. The minimum absolute atomic E-state index is 0. The van der Waals surface area contributed by atoms with Gasteiger partial charge in [-0.2, -0.15) is 0 Å². The first-order valence-corrected chi connectivity index (χ1v) is 11.4. The Balaban J connectivity index is 0.00000289. The molecule has 2 aromatic rings. The van der Waals surface area contributed by atoms with Crippen LogP contribution in [0, 0.1) is 5.92 Å². The first kappa shape index (κ1) is 25.1. The Kier molecular flexibility index (Phi) is 7.40. The van der Waals surface area contributed by atoms with Crippen LogP contribution in [-0.2, 0) is 20.9 Å². The number of β-lactam (4-membered cyclic amide) rings is 1. The Labute approximate surface area is 226 Å². The molecule has 0 aliphatic carbocycles. The summed E-state index contributed by atoms with van der Waals surface area (Å²) in [4.78, 5) is 39.5. The van der Waals surface area contributed by atoms with Gasteiger partial charge >= 0.3 is 29.6 Å². The molecule has 2 fully saturated rings. The van der Waals surface area contributed by atoms with Crippen LogP contribution < -0.4 is 39.2 Å². The van der Waals surface area contributed by atoms with Crippen molar-refractivity contribution in [2.24, 2.45) is 5.92 Å². The van der Waals surface area contributed by atoms with Crippen molar-refractivity contribution < 1.29 is 53.6 Å². The summed E-state index contributed by atoms with van der Waals surface area (Å²) in [5.74, 6) is -1.83. The zero-order chi connectivity index (χ0) is 23.8. The van der Waals surface area contributed by atoms with Crippen LogP contribution in [0.2, 0.25) is 0 Å². The van der Waals surface area contributed by atoms with Crippen LogP contribution in [0.5, 0.6) is 0 Å². The fraction of sp³-hybridized carbons (Fsp3) is 0.259. The molecular weight excluding hydrogens is 453 g/mol. The van der Waals surface area contributed by atoms with E-state index in [0.29, 0.717) is 25.1 Å². The Morgan fingerprint density at radius 3 is 2.54 bits per heavy atom. The molecule has 0 spiro atoms. The number of likely N-dealkylation sites (tertiary alicyclic amines) is 1. The second-order valence-corrected chi connectivity index (χ2v) is 8.92. The number of hydrogen-bond acceptors (Lipinski definition) is 4. The van der Waals surface area contributed by atoms with Gasteiger partial charge in [-0.15, -0.1) is 0 Å². The van der Waals surface area contributed by atoms with E-state index in [4.69, 9.17) is 0 Å². The number of hydrogen-bond donors (Lipinski definition) is 0. The molecule has 3 atom stereocenters. The third-order valence-electron chi connectivity index (χ3n) is 6.77. The van der Waals surface area contributed by atoms with Crippen molar-refractivity contribution in [1.82, 2.24) is 9.80 Å². The van der Waals surface area contributed by atoms with Crippen molar-refractivity contribution in [3.8, 4) is 0 Å². The summed E-state index contributed by atoms with van der Waals surface area (Å²) in [6.45, 7) is 2.60. The van der Waals surface area contributed by atoms with Gasteiger partial charge in [0.2, 0.25) is 5.91 Å². The van der Waals surface area contributed by atoms with Gasteiger partial charge in [0.15, 0.2) is 18.9 Å². The summed E-state index contributed by atoms with van der Waals surface area (Å²) in [5, 5.41) is 12.0. The molecule has 0 bridgehead atoms. The van der Waals surface area contributed by atoms with Gasteiger partial charge in [-0.05, 0) is 35.8 Å². The number of carboxylic acid groups (broad SMARTS) is 1. The largest absolute Gasteiger partial charge is 1.00 e. The molecule has 35 heavy (non-hydrogen) atoms. The van der Waals surface area contributed by atoms with Gasteiger partial charge in [-0.3, -0.25) is 9.59 Å². The molecule has 7 nitrogen and oxygen atoms in total. The number of carboxylic acids is 1. The number of aliphatic carboxylic acids is 1. The van der Waals surface area contributed by atoms with Gasteiger partial charge < -0.3 is 19.7 Å². The number of benzene rings is 1. The fourth-order valence-electron chi connectivity index (χ4n) is 5.26. The van der Waals surface area contributed by atoms with Crippen molar-refractivity contribution >= 4 is 29.9 Å². The molecule has 0 N–H and O–H groups in total. The number of nitrogens with zero attached hydrogens (tertiary/aromatic N) is 3. The van der Waals surface area contributed by atoms with Crippen molar-refractivity contribution in [2.75, 3.05) is 6.54 Å². The summed E-state index contributed by atoms with van der Waals surface area (Å²) in [5.41, 5.74) is 2.53. The molecule has 8 heteroatoms. The van der Waals surface area contributed by atoms with E-state index in [0.717, 1.165) is 11.1 Å². The van der Waals surface area contributed by atoms with Crippen LogP contribution in [0.3, 0.4) is 0 Å². The molecule has 3 aliphatic rings. The third-order valence-corrected chi connectivity index (χ3v) is 6.77. The van der Waals surface area contributed by atoms with E-state index in [1.54, 1.807) is 11.0 Å². The molecule has 2 saturated heterocycles. The average Bonchev–Trinajstić information content (AvgIpc) is 3.20. The molecule has 1 aromatic heterocycles. The topological polar surface area (TPSA) is 84.6 Å². The Morgan fingerprint density at radius 2 is 1.83 bits per heavy atom. The van der Waals surface area contributed by atoms with E-state index in [1.807, 2.05) is 65.5 Å². The normalized spacial score (nSPS) is 22.9. The zero-order valence-corrected chi connectivity index (χ0v) is 21.8. The first-order valence-electron chi connectivity index (χ1n) is 11.4. The molecule has 2 unspecified atom stereocenters. The Bertz CT molecular complexity index is 1250. The third kappa shape index (κ3) is 4.76. The molecular formula is C27H25N3NaO4+. The maximum Gasteiger partial charge on any atom is 1.00 e. The first-order chi connectivity index (χ1) is 16.4. The monoisotopic (exact) mass is 478 g/mol. The van der Waals surface area contributed by atoms with E-state index in [2.05, 4.69) is 12.2 Å². The second kappa shape index (κ2) is 10.3. The van der Waals surface area contributed by atoms with Crippen LogP contribution in [0.25, 0.3) is 12.2 Å². The summed E-state index contributed by atoms with van der Waals surface area (Å²) in [7, 11) is 0. The van der Waals surface area contributed by atoms with E-state index in [-0.39, 0.29) is 59.0 Å². The van der Waals surface area contributed by atoms with E-state index < -0.39 is 12.0 Å². The summed E-state index contributed by atoms with van der Waals surface area (Å²) in [6, 6.07) is 13.1. The van der Waals surface area contributed by atoms with E-state index >= 15 is 0 Å². The van der Waals surface area contributed by atoms with Crippen LogP contribution >= 0.6 is 0 Å². The Morgan fingerprint density at radius 1 is 1.09 bits per heavy atom. The number of aromatic nitrogens is 1. The molecule has 5 rings (SSSR count). The number of allylic oxidation sites excluding steroid dienone is 3. The molecule has 172 valence electrons. The molecule has 0 radical (unpaired) electrons. The average molecular weight is 479 g/mol. The van der Waals surface area contributed by atoms with E-state index in [1.165, 1.54) is 11.8 Å². The van der Waals surface area contributed by atoms with Crippen LogP contribution in [0.15, 0.2) is 78.3 Å². The minimum Gasteiger partial charge on any atom is -0.543 e. The molecule has 1 aromatic carbocycles. The summed E-state index contributed by atoms with van der Waals surface area (Å²) < 4.78 is 2.04. The van der Waals surface area contributed by atoms with Gasteiger partial charge in [0, 0.05) is 31.0 Å². The summed E-state index contributed by atoms with van der Waals surface area (Å²) in [6.07, 6.45) is 12.2. The molecule has 3 aliphatic heterocycles. The standard InChI is InChI=1S/C27H25N3O4.Na/c1-18(31)29-17-22-15-21(24(27(33)34)30-23(22)25(29)26(30)32)12-11-20-10-6-14-28(16-20)13-5-9-19-7-3-2-4-8-19;/h2-12,14,16,22-23,25H,13,15,17H2,1H3;/q;+1/b9-5+,12-11+;/t22?,23-,25?;/m1./s1. The second-order valence-electron chi connectivity index (χ2n) is 8.92. The van der Waals surface area contributed by atoms with Gasteiger partial charge in [0.1, 0.15) is 6.04 Å². The van der Waals surface area contributed by atoms with Crippen LogP contribution in [0.4, 0.5) is 0 Å². The number of amides is 2. The van der Waals surface area contributed by atoms with Crippen LogP contribution in [0.1, 0.15) is 24.5 Å². The Hall–Kier alpha value is -3.00. The van der Waals surface area contributed by atoms with Crippen LogP contribution in [-0.4, -0.2) is 46.2 Å². The minimum atomic E-state index is -1.36. The molecule has 2 amide bonds. The predicted molar refractivity (Wildman–Crippen MR) is 123 cm³/mol. The van der Waals surface area contributed by atoms with Gasteiger partial charge in [-0.25, -0.2) is 4.57 Å². The maximum atomic E-state index is 12.7. The smallest absolute Gasteiger partial charge is 0.543 e. The molecule has 0 saturated carbocycles. The van der Waals surface area contributed by atoms with Crippen molar-refractivity contribution in [3.63, 3.8) is 0 Å². The number of pyridine rings is 1. The van der Waals surface area contributed by atoms with Gasteiger partial charge in [0.05, 0.1) is 17.7 Å². The maximum absolute atomic E-state index is 12.7. The summed E-state index contributed by atoms with van der Waals surface area (Å²) >= 11 is 0. The quantitative estimate of drug-likeness (QED) is 0.278. The van der Waals surface area contributed by atoms with Gasteiger partial charge in [-0.1, -0.05) is 42.5 Å². The van der Waals surface area contributed by atoms with Crippen molar-refractivity contribution in [2.45, 2.75) is 32.0 Å². The van der Waals surface area contributed by atoms with Gasteiger partial charge in [0.25, 0.3) is 5.91 Å². The van der Waals surface area contributed by atoms with E-state index in [9.17, 15) is 19.5 Å². The number of carbonyl (C=O) groups excluding carboxylic acids is 3.